The number of rotatable bonds is 7. The molecule has 1 N–H and O–H groups in total. The van der Waals surface area contributed by atoms with Gasteiger partial charge < -0.3 is 14.7 Å². The number of ether oxygens (including phenoxy) is 1. The molecule has 2 bridgehead atoms. The lowest BCUT2D eigenvalue weighted by Crippen LogP contribution is -2.39. The number of hydrogen-bond donors (Lipinski definition) is 1. The third-order valence-electron chi connectivity index (χ3n) is 7.27. The maximum atomic E-state index is 11.1. The lowest BCUT2D eigenvalue weighted by molar-refractivity contribution is 0.00987. The molecule has 1 aromatic carbocycles. The van der Waals surface area contributed by atoms with Crippen LogP contribution in [0.4, 0.5) is 5.82 Å². The van der Waals surface area contributed by atoms with Gasteiger partial charge in [0.05, 0.1) is 40.2 Å². The highest BCUT2D eigenvalue weighted by molar-refractivity contribution is 6.37. The van der Waals surface area contributed by atoms with Crippen molar-refractivity contribution in [1.29, 1.82) is 0 Å². The average Bonchev–Trinajstić information content (AvgIpc) is 3.28. The molecule has 3 heterocycles. The van der Waals surface area contributed by atoms with Gasteiger partial charge in [0, 0.05) is 24.7 Å². The van der Waals surface area contributed by atoms with Gasteiger partial charge in [0.15, 0.2) is 0 Å². The van der Waals surface area contributed by atoms with Crippen LogP contribution in [0.25, 0.3) is 5.69 Å². The Morgan fingerprint density at radius 3 is 2.53 bits per heavy atom. The largest absolute Gasteiger partial charge is 0.478 e. The number of anilines is 1. The molecule has 3 fully saturated rings. The van der Waals surface area contributed by atoms with Gasteiger partial charge in [-0.2, -0.15) is 5.10 Å². The number of piperidine rings is 1. The van der Waals surface area contributed by atoms with Crippen LogP contribution in [0.1, 0.15) is 53.2 Å². The summed E-state index contributed by atoms with van der Waals surface area (Å²) < 4.78 is 8.36. The van der Waals surface area contributed by atoms with E-state index in [-0.39, 0.29) is 11.7 Å². The molecule has 0 amide bonds. The minimum atomic E-state index is -0.960. The van der Waals surface area contributed by atoms with E-state index in [1.165, 1.54) is 24.6 Å². The summed E-state index contributed by atoms with van der Waals surface area (Å²) >= 11 is 13.0. The van der Waals surface area contributed by atoms with Crippen molar-refractivity contribution in [2.75, 3.05) is 11.4 Å². The molecule has 1 saturated heterocycles. The molecule has 0 spiro atoms. The average molecular weight is 499 g/mol. The monoisotopic (exact) mass is 498 g/mol. The van der Waals surface area contributed by atoms with Gasteiger partial charge in [-0.15, -0.1) is 0 Å². The summed E-state index contributed by atoms with van der Waals surface area (Å²) in [5, 5.41) is 14.9. The molecule has 0 radical (unpaired) electrons. The Labute approximate surface area is 207 Å². The van der Waals surface area contributed by atoms with Crippen molar-refractivity contribution >= 4 is 35.0 Å². The number of nitrogens with zero attached hydrogens (tertiary/aromatic N) is 4. The number of benzene rings is 1. The number of para-hydroxylation sites is 1. The van der Waals surface area contributed by atoms with E-state index in [0.717, 1.165) is 30.9 Å². The summed E-state index contributed by atoms with van der Waals surface area (Å²) in [6, 6.07) is 9.25. The fraction of sp³-hybridized carbons (Fsp3) is 0.400. The van der Waals surface area contributed by atoms with Crippen molar-refractivity contribution in [2.24, 2.45) is 5.92 Å². The van der Waals surface area contributed by atoms with Crippen LogP contribution >= 0.6 is 23.2 Å². The summed E-state index contributed by atoms with van der Waals surface area (Å²) in [5.74, 6) is 0.816. The molecule has 2 aliphatic carbocycles. The molecule has 2 saturated carbocycles. The van der Waals surface area contributed by atoms with Crippen LogP contribution in [0, 0.1) is 5.92 Å². The zero-order valence-electron chi connectivity index (χ0n) is 18.4. The Morgan fingerprint density at radius 2 is 1.91 bits per heavy atom. The van der Waals surface area contributed by atoms with Crippen molar-refractivity contribution in [1.82, 2.24) is 14.8 Å². The number of carbonyl (C=O) groups is 1. The van der Waals surface area contributed by atoms with E-state index >= 15 is 0 Å². The molecule has 3 aromatic rings. The first-order valence-electron chi connectivity index (χ1n) is 11.6. The van der Waals surface area contributed by atoms with Crippen LogP contribution < -0.4 is 4.90 Å². The van der Waals surface area contributed by atoms with Gasteiger partial charge in [-0.25, -0.2) is 14.5 Å². The van der Waals surface area contributed by atoms with Crippen molar-refractivity contribution in [3.05, 3.63) is 69.6 Å². The number of aromatic carboxylic acids is 1. The summed E-state index contributed by atoms with van der Waals surface area (Å²) in [7, 11) is 0. The Morgan fingerprint density at radius 1 is 1.12 bits per heavy atom. The standard InChI is InChI=1S/C25H24Cl2N4O3/c26-19-2-1-3-20(27)24(19)31-21(18(11-29-31)14-4-5-14)13-34-22-9-17-8-16(22)12-30(17)23-7-6-15(10-28-23)25(32)33/h1-3,6-7,10-11,14,16-17,22H,4-5,8-9,12-13H2,(H,32,33)/t16-,17-,22+/m0/s1. The Balaban J connectivity index is 1.17. The number of pyridine rings is 1. The second-order valence-electron chi connectivity index (χ2n) is 9.40. The van der Waals surface area contributed by atoms with Crippen molar-refractivity contribution < 1.29 is 14.6 Å². The zero-order valence-corrected chi connectivity index (χ0v) is 19.9. The number of hydrogen-bond acceptors (Lipinski definition) is 5. The summed E-state index contributed by atoms with van der Waals surface area (Å²) in [6.45, 7) is 1.33. The van der Waals surface area contributed by atoms with E-state index in [1.54, 1.807) is 12.1 Å². The van der Waals surface area contributed by atoms with Crippen LogP contribution in [-0.4, -0.2) is 44.5 Å². The van der Waals surface area contributed by atoms with E-state index in [1.807, 2.05) is 29.1 Å². The predicted molar refractivity (Wildman–Crippen MR) is 129 cm³/mol. The van der Waals surface area contributed by atoms with Crippen LogP contribution in [0.15, 0.2) is 42.7 Å². The first-order chi connectivity index (χ1) is 16.5. The molecule has 3 aliphatic rings. The Hall–Kier alpha value is -2.61. The van der Waals surface area contributed by atoms with Gasteiger partial charge in [0.1, 0.15) is 11.5 Å². The molecule has 7 nitrogen and oxygen atoms in total. The summed E-state index contributed by atoms with van der Waals surface area (Å²) in [6.07, 6.45) is 7.85. The smallest absolute Gasteiger partial charge is 0.337 e. The molecule has 1 aliphatic heterocycles. The molecule has 3 atom stereocenters. The third-order valence-corrected chi connectivity index (χ3v) is 7.88. The molecule has 34 heavy (non-hydrogen) atoms. The van der Waals surface area contributed by atoms with Crippen molar-refractivity contribution in [3.63, 3.8) is 0 Å². The van der Waals surface area contributed by atoms with Gasteiger partial charge in [0.25, 0.3) is 0 Å². The van der Waals surface area contributed by atoms with E-state index in [2.05, 4.69) is 15.0 Å². The maximum Gasteiger partial charge on any atom is 0.337 e. The highest BCUT2D eigenvalue weighted by Crippen LogP contribution is 2.45. The third kappa shape index (κ3) is 3.85. The van der Waals surface area contributed by atoms with E-state index in [9.17, 15) is 4.79 Å². The van der Waals surface area contributed by atoms with Gasteiger partial charge in [0.2, 0.25) is 0 Å². The molecule has 2 aromatic heterocycles. The Kier molecular flexibility index (Phi) is 5.51. The molecule has 176 valence electrons. The van der Waals surface area contributed by atoms with E-state index in [0.29, 0.717) is 40.2 Å². The van der Waals surface area contributed by atoms with Gasteiger partial charge >= 0.3 is 5.97 Å². The predicted octanol–water partition coefficient (Wildman–Crippen LogP) is 5.33. The number of aromatic nitrogens is 3. The lowest BCUT2D eigenvalue weighted by Gasteiger charge is -2.32. The van der Waals surface area contributed by atoms with Gasteiger partial charge in [-0.1, -0.05) is 29.3 Å². The van der Waals surface area contributed by atoms with Gasteiger partial charge in [-0.3, -0.25) is 0 Å². The molecule has 0 unspecified atom stereocenters. The maximum absolute atomic E-state index is 11.1. The number of carboxylic acid groups (broad SMARTS) is 1. The van der Waals surface area contributed by atoms with Crippen LogP contribution in [-0.2, 0) is 11.3 Å². The molecular weight excluding hydrogens is 475 g/mol. The number of carboxylic acids is 1. The normalized spacial score (nSPS) is 23.6. The summed E-state index contributed by atoms with van der Waals surface area (Å²) in [4.78, 5) is 17.8. The first kappa shape index (κ1) is 21.9. The minimum absolute atomic E-state index is 0.164. The van der Waals surface area contributed by atoms with Crippen LogP contribution in [0.2, 0.25) is 10.0 Å². The number of halogens is 2. The second kappa shape index (κ2) is 8.56. The lowest BCUT2D eigenvalue weighted by atomic mass is 10.1. The minimum Gasteiger partial charge on any atom is -0.478 e. The highest BCUT2D eigenvalue weighted by Gasteiger charge is 2.46. The quantitative estimate of drug-likeness (QED) is 0.473. The van der Waals surface area contributed by atoms with Gasteiger partial charge in [-0.05, 0) is 61.4 Å². The van der Waals surface area contributed by atoms with Crippen molar-refractivity contribution in [3.8, 4) is 5.69 Å². The van der Waals surface area contributed by atoms with E-state index < -0.39 is 5.97 Å². The number of fused-ring (bicyclic) bond motifs is 2. The zero-order chi connectivity index (χ0) is 23.4. The molecule has 6 rings (SSSR count). The van der Waals surface area contributed by atoms with Crippen LogP contribution in [0.3, 0.4) is 0 Å². The second-order valence-corrected chi connectivity index (χ2v) is 10.2. The fourth-order valence-corrected chi connectivity index (χ4v) is 5.97. The first-order valence-corrected chi connectivity index (χ1v) is 12.3. The molecular formula is C25H24Cl2N4O3. The fourth-order valence-electron chi connectivity index (χ4n) is 5.41. The van der Waals surface area contributed by atoms with Crippen molar-refractivity contribution in [2.45, 2.75) is 50.4 Å². The SMILES string of the molecule is O=C(O)c1ccc(N2C[C@@H]3C[C@H]2C[C@H]3OCc2c(C3CC3)cnn2-c2c(Cl)cccc2Cl)nc1. The summed E-state index contributed by atoms with van der Waals surface area (Å²) in [5.41, 5.74) is 3.16. The molecule has 9 heteroatoms. The highest BCUT2D eigenvalue weighted by atomic mass is 35.5. The van der Waals surface area contributed by atoms with E-state index in [4.69, 9.17) is 33.0 Å². The van der Waals surface area contributed by atoms with Crippen LogP contribution in [0.5, 0.6) is 0 Å². The Bertz CT molecular complexity index is 1220. The topological polar surface area (TPSA) is 80.5 Å².